The van der Waals surface area contributed by atoms with Crippen LogP contribution in [0.4, 0.5) is 4.79 Å². The minimum atomic E-state index is -0.471. The van der Waals surface area contributed by atoms with Crippen molar-refractivity contribution in [1.29, 1.82) is 0 Å². The number of rotatable bonds is 3. The summed E-state index contributed by atoms with van der Waals surface area (Å²) in [6.45, 7) is 7.60. The van der Waals surface area contributed by atoms with Gasteiger partial charge in [-0.25, -0.2) is 4.79 Å². The third-order valence-corrected chi connectivity index (χ3v) is 4.27. The first-order chi connectivity index (χ1) is 10.3. The molecule has 0 aromatic carbocycles. The predicted molar refractivity (Wildman–Crippen MR) is 87.2 cm³/mol. The minimum Gasteiger partial charge on any atom is -0.444 e. The maximum absolute atomic E-state index is 12.2. The SMILES string of the molecule is CN(C[C@H]1CCN(C(=O)OC(C)(C)C)C1)C(=O)c1ccsc1. The summed E-state index contributed by atoms with van der Waals surface area (Å²) in [6.07, 6.45) is 0.641. The highest BCUT2D eigenvalue weighted by Gasteiger charge is 2.31. The third kappa shape index (κ3) is 4.47. The quantitative estimate of drug-likeness (QED) is 0.858. The van der Waals surface area contributed by atoms with Crippen molar-refractivity contribution >= 4 is 23.3 Å². The first kappa shape index (κ1) is 16.8. The number of amides is 2. The van der Waals surface area contributed by atoms with Crippen molar-refractivity contribution < 1.29 is 14.3 Å². The summed E-state index contributed by atoms with van der Waals surface area (Å²) in [7, 11) is 1.82. The lowest BCUT2D eigenvalue weighted by molar-refractivity contribution is 0.0286. The summed E-state index contributed by atoms with van der Waals surface area (Å²) in [5.74, 6) is 0.345. The molecule has 0 aliphatic carbocycles. The van der Waals surface area contributed by atoms with Crippen molar-refractivity contribution in [3.8, 4) is 0 Å². The summed E-state index contributed by atoms with van der Waals surface area (Å²) < 4.78 is 5.39. The second-order valence-electron chi connectivity index (χ2n) is 6.78. The smallest absolute Gasteiger partial charge is 0.410 e. The molecular weight excluding hydrogens is 300 g/mol. The van der Waals surface area contributed by atoms with Gasteiger partial charge in [-0.15, -0.1) is 0 Å². The predicted octanol–water partition coefficient (Wildman–Crippen LogP) is 3.08. The molecule has 0 N–H and O–H groups in total. The second-order valence-corrected chi connectivity index (χ2v) is 7.56. The van der Waals surface area contributed by atoms with E-state index in [2.05, 4.69) is 0 Å². The van der Waals surface area contributed by atoms with Crippen LogP contribution in [0.2, 0.25) is 0 Å². The van der Waals surface area contributed by atoms with E-state index in [-0.39, 0.29) is 12.0 Å². The van der Waals surface area contributed by atoms with Gasteiger partial charge in [0.05, 0.1) is 5.56 Å². The van der Waals surface area contributed by atoms with Gasteiger partial charge in [0, 0.05) is 32.1 Å². The Kier molecular flexibility index (Phi) is 5.11. The summed E-state index contributed by atoms with van der Waals surface area (Å²) in [4.78, 5) is 27.7. The lowest BCUT2D eigenvalue weighted by Crippen LogP contribution is -2.37. The van der Waals surface area contributed by atoms with Gasteiger partial charge in [0.15, 0.2) is 0 Å². The van der Waals surface area contributed by atoms with Crippen molar-refractivity contribution in [3.05, 3.63) is 22.4 Å². The maximum atomic E-state index is 12.2. The topological polar surface area (TPSA) is 49.9 Å². The molecule has 1 fully saturated rings. The molecule has 0 bridgehead atoms. The van der Waals surface area contributed by atoms with E-state index in [0.717, 1.165) is 12.0 Å². The molecule has 1 saturated heterocycles. The van der Waals surface area contributed by atoms with Crippen LogP contribution in [0.5, 0.6) is 0 Å². The molecule has 0 spiro atoms. The molecule has 2 rings (SSSR count). The molecular formula is C16H24N2O3S. The van der Waals surface area contributed by atoms with E-state index in [4.69, 9.17) is 4.74 Å². The summed E-state index contributed by atoms with van der Waals surface area (Å²) in [5, 5.41) is 3.77. The Bertz CT molecular complexity index is 522. The molecule has 0 radical (unpaired) electrons. The Morgan fingerprint density at radius 1 is 1.45 bits per heavy atom. The fraction of sp³-hybridized carbons (Fsp3) is 0.625. The lowest BCUT2D eigenvalue weighted by Gasteiger charge is -2.25. The van der Waals surface area contributed by atoms with Gasteiger partial charge in [-0.05, 0) is 44.6 Å². The Hall–Kier alpha value is -1.56. The summed E-state index contributed by atoms with van der Waals surface area (Å²) in [6, 6.07) is 1.84. The average Bonchev–Trinajstić information content (AvgIpc) is 3.06. The van der Waals surface area contributed by atoms with Crippen LogP contribution in [0.25, 0.3) is 0 Å². The van der Waals surface area contributed by atoms with Crippen LogP contribution in [0.1, 0.15) is 37.6 Å². The molecule has 5 nitrogen and oxygen atoms in total. The number of nitrogens with zero attached hydrogens (tertiary/aromatic N) is 2. The fourth-order valence-corrected chi connectivity index (χ4v) is 3.18. The van der Waals surface area contributed by atoms with E-state index < -0.39 is 5.60 Å². The van der Waals surface area contributed by atoms with Crippen molar-refractivity contribution in [3.63, 3.8) is 0 Å². The van der Waals surface area contributed by atoms with Gasteiger partial charge in [0.25, 0.3) is 5.91 Å². The maximum Gasteiger partial charge on any atom is 0.410 e. The first-order valence-electron chi connectivity index (χ1n) is 7.52. The van der Waals surface area contributed by atoms with Gasteiger partial charge in [0.1, 0.15) is 5.60 Å². The van der Waals surface area contributed by atoms with E-state index in [9.17, 15) is 9.59 Å². The Balaban J connectivity index is 1.83. The van der Waals surface area contributed by atoms with Gasteiger partial charge < -0.3 is 14.5 Å². The van der Waals surface area contributed by atoms with Crippen LogP contribution in [0, 0.1) is 5.92 Å². The fourth-order valence-electron chi connectivity index (χ4n) is 2.55. The number of hydrogen-bond donors (Lipinski definition) is 0. The van der Waals surface area contributed by atoms with Crippen molar-refractivity contribution in [2.24, 2.45) is 5.92 Å². The van der Waals surface area contributed by atoms with Crippen molar-refractivity contribution in [1.82, 2.24) is 9.80 Å². The standard InChI is InChI=1S/C16H24N2O3S/c1-16(2,3)21-15(20)18-7-5-12(10-18)9-17(4)14(19)13-6-8-22-11-13/h6,8,11-12H,5,7,9-10H2,1-4H3/t12-/m1/s1. The molecule has 1 atom stereocenters. The van der Waals surface area contributed by atoms with Gasteiger partial charge in [-0.3, -0.25) is 4.79 Å². The highest BCUT2D eigenvalue weighted by atomic mass is 32.1. The van der Waals surface area contributed by atoms with E-state index in [0.29, 0.717) is 25.6 Å². The van der Waals surface area contributed by atoms with Crippen molar-refractivity contribution in [2.45, 2.75) is 32.8 Å². The molecule has 1 aromatic heterocycles. The normalized spacial score (nSPS) is 18.4. The molecule has 2 heterocycles. The number of hydrogen-bond acceptors (Lipinski definition) is 4. The molecule has 2 amide bonds. The third-order valence-electron chi connectivity index (χ3n) is 3.58. The molecule has 122 valence electrons. The monoisotopic (exact) mass is 324 g/mol. The van der Waals surface area contributed by atoms with E-state index in [1.807, 2.05) is 44.6 Å². The van der Waals surface area contributed by atoms with Crippen LogP contribution in [0.15, 0.2) is 16.8 Å². The number of carbonyl (C=O) groups excluding carboxylic acids is 2. The summed E-state index contributed by atoms with van der Waals surface area (Å²) in [5.41, 5.74) is 0.260. The molecule has 22 heavy (non-hydrogen) atoms. The zero-order valence-electron chi connectivity index (χ0n) is 13.7. The molecule has 1 aromatic rings. The van der Waals surface area contributed by atoms with Crippen LogP contribution in [-0.2, 0) is 4.74 Å². The molecule has 0 saturated carbocycles. The molecule has 6 heteroatoms. The van der Waals surface area contributed by atoms with Crippen LogP contribution < -0.4 is 0 Å². The Morgan fingerprint density at radius 2 is 2.18 bits per heavy atom. The number of likely N-dealkylation sites (tertiary alicyclic amines) is 1. The second kappa shape index (κ2) is 6.69. The zero-order chi connectivity index (χ0) is 16.3. The molecule has 1 aliphatic rings. The van der Waals surface area contributed by atoms with Crippen molar-refractivity contribution in [2.75, 3.05) is 26.7 Å². The van der Waals surface area contributed by atoms with Gasteiger partial charge in [-0.2, -0.15) is 11.3 Å². The van der Waals surface area contributed by atoms with Gasteiger partial charge >= 0.3 is 6.09 Å². The van der Waals surface area contributed by atoms with E-state index >= 15 is 0 Å². The zero-order valence-corrected chi connectivity index (χ0v) is 14.5. The van der Waals surface area contributed by atoms with Gasteiger partial charge in [0.2, 0.25) is 0 Å². The van der Waals surface area contributed by atoms with E-state index in [1.54, 1.807) is 9.80 Å². The van der Waals surface area contributed by atoms with Crippen LogP contribution >= 0.6 is 11.3 Å². The average molecular weight is 324 g/mol. The number of ether oxygens (including phenoxy) is 1. The Labute approximate surface area is 135 Å². The highest BCUT2D eigenvalue weighted by molar-refractivity contribution is 7.08. The first-order valence-corrected chi connectivity index (χ1v) is 8.46. The van der Waals surface area contributed by atoms with Crippen LogP contribution in [0.3, 0.4) is 0 Å². The lowest BCUT2D eigenvalue weighted by atomic mass is 10.1. The van der Waals surface area contributed by atoms with Crippen LogP contribution in [-0.4, -0.2) is 54.1 Å². The molecule has 0 unspecified atom stereocenters. The van der Waals surface area contributed by atoms with Gasteiger partial charge in [-0.1, -0.05) is 0 Å². The minimum absolute atomic E-state index is 0.0389. The summed E-state index contributed by atoms with van der Waals surface area (Å²) >= 11 is 1.52. The number of carbonyl (C=O) groups is 2. The number of thiophene rings is 1. The van der Waals surface area contributed by atoms with E-state index in [1.165, 1.54) is 11.3 Å². The largest absolute Gasteiger partial charge is 0.444 e. The Morgan fingerprint density at radius 3 is 2.77 bits per heavy atom. The highest BCUT2D eigenvalue weighted by Crippen LogP contribution is 2.21. The molecule has 1 aliphatic heterocycles.